The molecule has 0 bridgehead atoms. The van der Waals surface area contributed by atoms with E-state index in [9.17, 15) is 0 Å². The van der Waals surface area contributed by atoms with Gasteiger partial charge in [-0.2, -0.15) is 0 Å². The lowest BCUT2D eigenvalue weighted by Gasteiger charge is -2.10. The minimum atomic E-state index is 0.878. The fourth-order valence-electron chi connectivity index (χ4n) is 1.52. The predicted octanol–water partition coefficient (Wildman–Crippen LogP) is 3.87. The van der Waals surface area contributed by atoms with Gasteiger partial charge in [-0.1, -0.05) is 36.0 Å². The molecular weight excluding hydrogens is 264 g/mol. The van der Waals surface area contributed by atoms with Crippen molar-refractivity contribution in [3.05, 3.63) is 48.5 Å². The third-order valence-corrected chi connectivity index (χ3v) is 3.47. The van der Waals surface area contributed by atoms with Gasteiger partial charge in [0.15, 0.2) is 0 Å². The molecular formula is C14H16O4S. The first kappa shape index (κ1) is 15.4. The molecule has 2 rings (SSSR count). The number of ether oxygens (including phenoxy) is 2. The molecule has 19 heavy (non-hydrogen) atoms. The zero-order chi connectivity index (χ0) is 14.1. The summed E-state index contributed by atoms with van der Waals surface area (Å²) in [6.45, 7) is 0. The Morgan fingerprint density at radius 1 is 0.737 bits per heavy atom. The summed E-state index contributed by atoms with van der Waals surface area (Å²) in [4.78, 5) is 2.17. The second-order valence-corrected chi connectivity index (χ2v) is 4.49. The first-order valence-electron chi connectivity index (χ1n) is 5.49. The Hall–Kier alpha value is -1.69. The summed E-state index contributed by atoms with van der Waals surface area (Å²) in [7, 11) is 3.36. The molecule has 0 aliphatic rings. The van der Waals surface area contributed by atoms with Crippen molar-refractivity contribution in [2.24, 2.45) is 0 Å². The van der Waals surface area contributed by atoms with Crippen LogP contribution in [0.25, 0.3) is 0 Å². The van der Waals surface area contributed by atoms with E-state index in [0.29, 0.717) is 0 Å². The highest BCUT2D eigenvalue weighted by Crippen LogP contribution is 2.38. The van der Waals surface area contributed by atoms with E-state index in [1.54, 1.807) is 26.0 Å². The zero-order valence-corrected chi connectivity index (χ0v) is 11.6. The van der Waals surface area contributed by atoms with E-state index in [0.717, 1.165) is 21.3 Å². The maximum atomic E-state index is 6.00. The van der Waals surface area contributed by atoms with Gasteiger partial charge in [0.2, 0.25) is 0 Å². The van der Waals surface area contributed by atoms with Gasteiger partial charge < -0.3 is 9.47 Å². The van der Waals surface area contributed by atoms with Crippen molar-refractivity contribution in [1.29, 1.82) is 0 Å². The topological polar surface area (TPSA) is 58.9 Å². The largest absolute Gasteiger partial charge is 0.496 e. The SMILES string of the molecule is COc1ccccc1Sc1ccccc1OC.OO. The van der Waals surface area contributed by atoms with E-state index < -0.39 is 0 Å². The maximum Gasteiger partial charge on any atom is 0.132 e. The molecule has 0 saturated carbocycles. The number of rotatable bonds is 4. The predicted molar refractivity (Wildman–Crippen MR) is 75.4 cm³/mol. The normalized spacial score (nSPS) is 9.26. The van der Waals surface area contributed by atoms with Gasteiger partial charge in [-0.15, -0.1) is 0 Å². The zero-order valence-electron chi connectivity index (χ0n) is 10.7. The Morgan fingerprint density at radius 3 is 1.47 bits per heavy atom. The van der Waals surface area contributed by atoms with Crippen molar-refractivity contribution in [3.8, 4) is 11.5 Å². The van der Waals surface area contributed by atoms with Crippen LogP contribution in [0, 0.1) is 0 Å². The van der Waals surface area contributed by atoms with Crippen LogP contribution in [-0.2, 0) is 0 Å². The van der Waals surface area contributed by atoms with Gasteiger partial charge in [0.25, 0.3) is 0 Å². The summed E-state index contributed by atoms with van der Waals surface area (Å²) in [6.07, 6.45) is 0. The minimum Gasteiger partial charge on any atom is -0.496 e. The number of methoxy groups -OCH3 is 2. The maximum absolute atomic E-state index is 6.00. The number of hydrogen-bond acceptors (Lipinski definition) is 5. The molecule has 0 unspecified atom stereocenters. The Morgan fingerprint density at radius 2 is 1.11 bits per heavy atom. The third-order valence-electron chi connectivity index (χ3n) is 2.36. The van der Waals surface area contributed by atoms with Crippen LogP contribution in [0.5, 0.6) is 11.5 Å². The Labute approximate surface area is 116 Å². The van der Waals surface area contributed by atoms with Crippen LogP contribution in [0.15, 0.2) is 58.3 Å². The molecule has 4 nitrogen and oxygen atoms in total. The number of para-hydroxylation sites is 2. The van der Waals surface area contributed by atoms with E-state index in [1.165, 1.54) is 0 Å². The molecule has 2 N–H and O–H groups in total. The Bertz CT molecular complexity index is 457. The molecule has 0 radical (unpaired) electrons. The van der Waals surface area contributed by atoms with Crippen LogP contribution in [0.4, 0.5) is 0 Å². The van der Waals surface area contributed by atoms with Crippen LogP contribution >= 0.6 is 11.8 Å². The molecule has 0 fully saturated rings. The third kappa shape index (κ3) is 4.17. The fraction of sp³-hybridized carbons (Fsp3) is 0.143. The van der Waals surface area contributed by atoms with Gasteiger partial charge in [0.1, 0.15) is 11.5 Å². The quantitative estimate of drug-likeness (QED) is 0.657. The number of hydrogen-bond donors (Lipinski definition) is 2. The highest BCUT2D eigenvalue weighted by Gasteiger charge is 2.07. The van der Waals surface area contributed by atoms with Crippen molar-refractivity contribution in [2.75, 3.05) is 14.2 Å². The second kappa shape index (κ2) is 8.42. The van der Waals surface area contributed by atoms with Crippen molar-refractivity contribution in [2.45, 2.75) is 9.79 Å². The van der Waals surface area contributed by atoms with Crippen LogP contribution in [0.3, 0.4) is 0 Å². The van der Waals surface area contributed by atoms with Crippen molar-refractivity contribution >= 4 is 11.8 Å². The average molecular weight is 280 g/mol. The summed E-state index contributed by atoms with van der Waals surface area (Å²) in [5.41, 5.74) is 0. The van der Waals surface area contributed by atoms with Crippen LogP contribution < -0.4 is 9.47 Å². The first-order valence-corrected chi connectivity index (χ1v) is 6.30. The van der Waals surface area contributed by atoms with Gasteiger partial charge in [0, 0.05) is 0 Å². The molecule has 0 aliphatic heterocycles. The summed E-state index contributed by atoms with van der Waals surface area (Å²) >= 11 is 1.64. The van der Waals surface area contributed by atoms with Crippen molar-refractivity contribution < 1.29 is 20.0 Å². The van der Waals surface area contributed by atoms with Gasteiger partial charge in [0.05, 0.1) is 24.0 Å². The molecule has 2 aromatic rings. The highest BCUT2D eigenvalue weighted by molar-refractivity contribution is 7.99. The Kier molecular flexibility index (Phi) is 6.81. The molecule has 2 aromatic carbocycles. The Balaban J connectivity index is 0.000000861. The molecule has 0 spiro atoms. The standard InChI is InChI=1S/C14H14O2S.H2O2/c1-15-11-7-3-5-9-13(11)17-14-10-6-4-8-12(14)16-2;1-2/h3-10H,1-2H3;1-2H. The second-order valence-electron chi connectivity index (χ2n) is 3.40. The first-order chi connectivity index (χ1) is 9.35. The smallest absolute Gasteiger partial charge is 0.132 e. The lowest BCUT2D eigenvalue weighted by molar-refractivity contribution is -0.176. The van der Waals surface area contributed by atoms with E-state index in [2.05, 4.69) is 0 Å². The van der Waals surface area contributed by atoms with Crippen molar-refractivity contribution in [3.63, 3.8) is 0 Å². The van der Waals surface area contributed by atoms with Gasteiger partial charge >= 0.3 is 0 Å². The molecule has 102 valence electrons. The fourth-order valence-corrected chi connectivity index (χ4v) is 2.56. The van der Waals surface area contributed by atoms with Gasteiger partial charge in [-0.25, -0.2) is 0 Å². The summed E-state index contributed by atoms with van der Waals surface area (Å²) < 4.78 is 10.7. The van der Waals surface area contributed by atoms with Crippen LogP contribution in [0.1, 0.15) is 0 Å². The molecule has 0 atom stereocenters. The summed E-state index contributed by atoms with van der Waals surface area (Å²) in [6, 6.07) is 15.9. The van der Waals surface area contributed by atoms with Crippen LogP contribution in [-0.4, -0.2) is 24.7 Å². The van der Waals surface area contributed by atoms with Gasteiger partial charge in [-0.3, -0.25) is 10.5 Å². The number of benzene rings is 2. The highest BCUT2D eigenvalue weighted by atomic mass is 32.2. The molecule has 0 aromatic heterocycles. The molecule has 0 aliphatic carbocycles. The van der Waals surface area contributed by atoms with E-state index in [-0.39, 0.29) is 0 Å². The molecule has 0 amide bonds. The van der Waals surface area contributed by atoms with E-state index >= 15 is 0 Å². The van der Waals surface area contributed by atoms with E-state index in [4.69, 9.17) is 20.0 Å². The molecule has 0 heterocycles. The molecule has 5 heteroatoms. The summed E-state index contributed by atoms with van der Waals surface area (Å²) in [5.74, 6) is 1.76. The van der Waals surface area contributed by atoms with E-state index in [1.807, 2.05) is 48.5 Å². The monoisotopic (exact) mass is 280 g/mol. The summed E-state index contributed by atoms with van der Waals surface area (Å²) in [5, 5.41) is 12.0. The van der Waals surface area contributed by atoms with Crippen molar-refractivity contribution in [1.82, 2.24) is 0 Å². The average Bonchev–Trinajstić information content (AvgIpc) is 2.50. The lowest BCUT2D eigenvalue weighted by Crippen LogP contribution is -1.88. The van der Waals surface area contributed by atoms with Gasteiger partial charge in [-0.05, 0) is 24.3 Å². The lowest BCUT2D eigenvalue weighted by atomic mass is 10.3. The van der Waals surface area contributed by atoms with Crippen LogP contribution in [0.2, 0.25) is 0 Å². The minimum absolute atomic E-state index is 0.878. The molecule has 0 saturated heterocycles.